The smallest absolute Gasteiger partial charge is 0.265 e. The maximum absolute atomic E-state index is 6.26. The molecule has 2 aromatic carbocycles. The molecule has 0 unspecified atom stereocenters. The van der Waals surface area contributed by atoms with Gasteiger partial charge in [-0.1, -0.05) is 29.8 Å². The van der Waals surface area contributed by atoms with Crippen LogP contribution >= 0.6 is 11.6 Å². The van der Waals surface area contributed by atoms with Gasteiger partial charge >= 0.3 is 0 Å². The molecule has 1 N–H and O–H groups in total. The van der Waals surface area contributed by atoms with Gasteiger partial charge in [0.15, 0.2) is 17.1 Å². The lowest BCUT2D eigenvalue weighted by Gasteiger charge is -2.09. The average molecular weight is 397 g/mol. The lowest BCUT2D eigenvalue weighted by atomic mass is 10.2. The van der Waals surface area contributed by atoms with Crippen LogP contribution in [0, 0.1) is 0 Å². The molecule has 0 fully saturated rings. The zero-order chi connectivity index (χ0) is 19.7. The Morgan fingerprint density at radius 1 is 1.11 bits per heavy atom. The van der Waals surface area contributed by atoms with Crippen molar-refractivity contribution in [2.75, 3.05) is 19.6 Å². The summed E-state index contributed by atoms with van der Waals surface area (Å²) in [6.07, 6.45) is 1.55. The molecule has 4 rings (SSSR count). The average Bonchev–Trinajstić information content (AvgIpc) is 3.01. The second kappa shape index (κ2) is 7.32. The second-order valence-electron chi connectivity index (χ2n) is 5.98. The zero-order valence-electron chi connectivity index (χ0n) is 15.5. The van der Waals surface area contributed by atoms with E-state index in [9.17, 15) is 0 Å². The number of nitrogens with one attached hydrogen (secondary N) is 1. The van der Waals surface area contributed by atoms with E-state index in [0.717, 1.165) is 22.1 Å². The number of ether oxygens (including phenoxy) is 2. The van der Waals surface area contributed by atoms with Crippen LogP contribution in [0.5, 0.6) is 11.5 Å². The van der Waals surface area contributed by atoms with Crippen LogP contribution in [0.2, 0.25) is 5.02 Å². The molecule has 142 valence electrons. The number of aryl methyl sites for hydroxylation is 1. The third-order valence-corrected chi connectivity index (χ3v) is 4.70. The highest BCUT2D eigenvalue weighted by molar-refractivity contribution is 6.33. The number of methoxy groups -OCH3 is 2. The van der Waals surface area contributed by atoms with Crippen molar-refractivity contribution in [2.24, 2.45) is 12.1 Å². The Morgan fingerprint density at radius 3 is 2.64 bits per heavy atom. The van der Waals surface area contributed by atoms with Crippen molar-refractivity contribution >= 4 is 45.8 Å². The van der Waals surface area contributed by atoms with Crippen molar-refractivity contribution in [3.05, 3.63) is 47.0 Å². The summed E-state index contributed by atoms with van der Waals surface area (Å²) in [6.45, 7) is 0. The topological polar surface area (TPSA) is 86.5 Å². The Morgan fingerprint density at radius 2 is 1.86 bits per heavy atom. The van der Waals surface area contributed by atoms with Gasteiger partial charge in [-0.05, 0) is 12.1 Å². The number of benzene rings is 2. The molecule has 0 aliphatic carbocycles. The van der Waals surface area contributed by atoms with Gasteiger partial charge in [0.25, 0.3) is 5.95 Å². The molecular formula is C19H17ClN6O2. The second-order valence-corrected chi connectivity index (χ2v) is 6.39. The van der Waals surface area contributed by atoms with Crippen LogP contribution < -0.4 is 14.9 Å². The van der Waals surface area contributed by atoms with Crippen molar-refractivity contribution in [3.8, 4) is 11.5 Å². The van der Waals surface area contributed by atoms with Gasteiger partial charge in [0.1, 0.15) is 5.52 Å². The van der Waals surface area contributed by atoms with E-state index in [1.54, 1.807) is 32.6 Å². The number of hydrogen-bond acceptors (Lipinski definition) is 7. The molecule has 0 spiro atoms. The maximum Gasteiger partial charge on any atom is 0.265 e. The van der Waals surface area contributed by atoms with E-state index in [4.69, 9.17) is 21.1 Å². The first-order valence-electron chi connectivity index (χ1n) is 8.41. The largest absolute Gasteiger partial charge is 0.493 e. The third kappa shape index (κ3) is 3.07. The Hall–Kier alpha value is -3.39. The Kier molecular flexibility index (Phi) is 4.70. The van der Waals surface area contributed by atoms with Crippen LogP contribution in [-0.4, -0.2) is 40.2 Å². The number of anilines is 1. The minimum absolute atomic E-state index is 0.284. The van der Waals surface area contributed by atoms with Gasteiger partial charge in [-0.15, -0.1) is 10.2 Å². The summed E-state index contributed by atoms with van der Waals surface area (Å²) in [4.78, 5) is 4.51. The summed E-state index contributed by atoms with van der Waals surface area (Å²) < 4.78 is 12.5. The molecule has 0 aliphatic rings. The van der Waals surface area contributed by atoms with Gasteiger partial charge in [-0.25, -0.2) is 5.43 Å². The fourth-order valence-electron chi connectivity index (χ4n) is 2.98. The molecule has 0 bridgehead atoms. The highest BCUT2D eigenvalue weighted by Gasteiger charge is 2.12. The molecule has 0 radical (unpaired) electrons. The number of fused-ring (bicyclic) bond motifs is 3. The van der Waals surface area contributed by atoms with Crippen LogP contribution in [-0.2, 0) is 7.05 Å². The standard InChI is InChI=1S/C19H17ClN6O2/c1-26-14-7-5-4-6-12(14)17-18(26)22-19(25-23-17)24-21-10-11-8-15(27-2)16(28-3)9-13(11)20/h4-10H,1-3H3,(H,22,24,25)/b21-10+. The van der Waals surface area contributed by atoms with Gasteiger partial charge in [0.2, 0.25) is 0 Å². The lowest BCUT2D eigenvalue weighted by molar-refractivity contribution is 0.355. The summed E-state index contributed by atoms with van der Waals surface area (Å²) >= 11 is 6.26. The summed E-state index contributed by atoms with van der Waals surface area (Å²) in [5, 5.41) is 14.0. The molecule has 0 saturated carbocycles. The van der Waals surface area contributed by atoms with Crippen LogP contribution in [0.4, 0.5) is 5.95 Å². The van der Waals surface area contributed by atoms with Crippen molar-refractivity contribution in [1.29, 1.82) is 0 Å². The van der Waals surface area contributed by atoms with Crippen LogP contribution in [0.3, 0.4) is 0 Å². The molecular weight excluding hydrogens is 380 g/mol. The minimum atomic E-state index is 0.284. The monoisotopic (exact) mass is 396 g/mol. The van der Waals surface area contributed by atoms with E-state index in [0.29, 0.717) is 22.1 Å². The summed E-state index contributed by atoms with van der Waals surface area (Å²) in [5.74, 6) is 1.39. The summed E-state index contributed by atoms with van der Waals surface area (Å²) in [6, 6.07) is 11.4. The van der Waals surface area contributed by atoms with E-state index < -0.39 is 0 Å². The molecule has 4 aromatic rings. The fraction of sp³-hybridized carbons (Fsp3) is 0.158. The third-order valence-electron chi connectivity index (χ3n) is 4.38. The summed E-state index contributed by atoms with van der Waals surface area (Å²) in [5.41, 5.74) is 5.95. The predicted octanol–water partition coefficient (Wildman–Crippen LogP) is 3.63. The van der Waals surface area contributed by atoms with Crippen molar-refractivity contribution in [1.82, 2.24) is 19.7 Å². The first-order chi connectivity index (χ1) is 13.6. The van der Waals surface area contributed by atoms with Crippen LogP contribution in [0.15, 0.2) is 41.5 Å². The van der Waals surface area contributed by atoms with Gasteiger partial charge in [-0.3, -0.25) is 0 Å². The van der Waals surface area contributed by atoms with E-state index in [1.165, 1.54) is 0 Å². The molecule has 0 atom stereocenters. The number of rotatable bonds is 5. The molecule has 2 aromatic heterocycles. The van der Waals surface area contributed by atoms with E-state index in [2.05, 4.69) is 25.7 Å². The van der Waals surface area contributed by atoms with Gasteiger partial charge in [-0.2, -0.15) is 10.1 Å². The van der Waals surface area contributed by atoms with Crippen molar-refractivity contribution < 1.29 is 9.47 Å². The number of nitrogens with zero attached hydrogens (tertiary/aromatic N) is 5. The lowest BCUT2D eigenvalue weighted by Crippen LogP contribution is -2.01. The molecule has 8 nitrogen and oxygen atoms in total. The van der Waals surface area contributed by atoms with Crippen molar-refractivity contribution in [3.63, 3.8) is 0 Å². The first kappa shape index (κ1) is 18.0. The van der Waals surface area contributed by atoms with Gasteiger partial charge < -0.3 is 14.0 Å². The van der Waals surface area contributed by atoms with E-state index >= 15 is 0 Å². The molecule has 0 aliphatic heterocycles. The molecule has 0 amide bonds. The van der Waals surface area contributed by atoms with Crippen LogP contribution in [0.1, 0.15) is 5.56 Å². The SMILES string of the molecule is COc1cc(Cl)c(/C=N/Nc2nnc3c4ccccc4n(C)c3n2)cc1OC. The van der Waals surface area contributed by atoms with Gasteiger partial charge in [0.05, 0.1) is 31.0 Å². The predicted molar refractivity (Wildman–Crippen MR) is 110 cm³/mol. The zero-order valence-corrected chi connectivity index (χ0v) is 16.2. The number of halogens is 1. The molecule has 0 saturated heterocycles. The quantitative estimate of drug-likeness (QED) is 0.409. The maximum atomic E-state index is 6.26. The van der Waals surface area contributed by atoms with Crippen LogP contribution in [0.25, 0.3) is 22.1 Å². The Bertz CT molecular complexity index is 1200. The highest BCUT2D eigenvalue weighted by atomic mass is 35.5. The highest BCUT2D eigenvalue weighted by Crippen LogP contribution is 2.32. The fourth-order valence-corrected chi connectivity index (χ4v) is 3.18. The molecule has 28 heavy (non-hydrogen) atoms. The number of hydrazone groups is 1. The normalized spacial score (nSPS) is 11.4. The number of aromatic nitrogens is 4. The minimum Gasteiger partial charge on any atom is -0.493 e. The van der Waals surface area contributed by atoms with Crippen molar-refractivity contribution in [2.45, 2.75) is 0 Å². The molecule has 2 heterocycles. The summed E-state index contributed by atoms with van der Waals surface area (Å²) in [7, 11) is 5.05. The molecule has 9 heteroatoms. The number of para-hydroxylation sites is 1. The number of hydrogen-bond donors (Lipinski definition) is 1. The Labute approximate surface area is 165 Å². The van der Waals surface area contributed by atoms with E-state index in [1.807, 2.05) is 35.9 Å². The van der Waals surface area contributed by atoms with E-state index in [-0.39, 0.29) is 5.95 Å². The van der Waals surface area contributed by atoms with Gasteiger partial charge in [0, 0.05) is 24.1 Å². The Balaban J connectivity index is 1.62. The first-order valence-corrected chi connectivity index (χ1v) is 8.78.